The number of carbonyl (C=O) groups excluding carboxylic acids is 2. The third-order valence-electron chi connectivity index (χ3n) is 3.91. The number of allylic oxidation sites excluding steroid dienone is 2. The zero-order valence-corrected chi connectivity index (χ0v) is 13.1. The Morgan fingerprint density at radius 2 is 1.88 bits per heavy atom. The number of aromatic nitrogens is 2. The first-order chi connectivity index (χ1) is 11.4. The Kier molecular flexibility index (Phi) is 2.84. The fourth-order valence-electron chi connectivity index (χ4n) is 2.89. The zero-order valence-electron chi connectivity index (χ0n) is 13.1. The quantitative estimate of drug-likeness (QED) is 0.490. The lowest BCUT2D eigenvalue weighted by Crippen LogP contribution is -2.41. The van der Waals surface area contributed by atoms with E-state index in [1.807, 2.05) is 24.3 Å². The summed E-state index contributed by atoms with van der Waals surface area (Å²) < 4.78 is 11.7. The van der Waals surface area contributed by atoms with Gasteiger partial charge < -0.3 is 14.6 Å². The molecule has 3 heterocycles. The van der Waals surface area contributed by atoms with E-state index < -0.39 is 17.7 Å². The van der Waals surface area contributed by atoms with Crippen molar-refractivity contribution in [1.82, 2.24) is 9.55 Å². The maximum absolute atomic E-state index is 12.0. The van der Waals surface area contributed by atoms with Crippen LogP contribution in [0.15, 0.2) is 41.5 Å². The van der Waals surface area contributed by atoms with Crippen molar-refractivity contribution >= 4 is 28.9 Å². The summed E-state index contributed by atoms with van der Waals surface area (Å²) in [7, 11) is 0. The first-order valence-corrected chi connectivity index (χ1v) is 7.43. The number of para-hydroxylation sites is 2. The first-order valence-electron chi connectivity index (χ1n) is 7.43. The van der Waals surface area contributed by atoms with Crippen LogP contribution in [0.4, 0.5) is 0 Å². The summed E-state index contributed by atoms with van der Waals surface area (Å²) in [5.41, 5.74) is 1.69. The highest BCUT2D eigenvalue weighted by atomic mass is 16.7. The monoisotopic (exact) mass is 326 g/mol. The van der Waals surface area contributed by atoms with Gasteiger partial charge in [0.15, 0.2) is 0 Å². The molecule has 7 nitrogen and oxygen atoms in total. The summed E-state index contributed by atoms with van der Waals surface area (Å²) in [6, 6.07) is 7.40. The predicted molar refractivity (Wildman–Crippen MR) is 83.6 cm³/mol. The summed E-state index contributed by atoms with van der Waals surface area (Å²) in [5.74, 6) is -2.26. The van der Waals surface area contributed by atoms with Crippen LogP contribution in [0.2, 0.25) is 0 Å². The molecular weight excluding hydrogens is 312 g/mol. The summed E-state index contributed by atoms with van der Waals surface area (Å²) >= 11 is 0. The first kappa shape index (κ1) is 14.5. The van der Waals surface area contributed by atoms with Crippen LogP contribution in [0.25, 0.3) is 16.9 Å². The molecule has 0 bridgehead atoms. The largest absolute Gasteiger partial charge is 0.494 e. The molecule has 4 rings (SSSR count). The van der Waals surface area contributed by atoms with E-state index in [4.69, 9.17) is 9.47 Å². The third-order valence-corrected chi connectivity index (χ3v) is 3.91. The standard InChI is InChI=1S/C17H14N2O5/c1-17(2)23-15(21)10(16(22)24-17)7-9-8-13-18-11-5-3-4-6-12(11)19(13)14(9)20/h3-7,20H,8H2,1-2H3. The van der Waals surface area contributed by atoms with Crippen molar-refractivity contribution in [2.75, 3.05) is 0 Å². The highest BCUT2D eigenvalue weighted by Gasteiger charge is 2.39. The highest BCUT2D eigenvalue weighted by molar-refractivity contribution is 6.15. The van der Waals surface area contributed by atoms with E-state index in [0.717, 1.165) is 11.0 Å². The van der Waals surface area contributed by atoms with E-state index in [1.165, 1.54) is 19.9 Å². The molecule has 1 fully saturated rings. The Balaban J connectivity index is 1.76. The van der Waals surface area contributed by atoms with Crippen molar-refractivity contribution in [1.29, 1.82) is 0 Å². The molecule has 0 radical (unpaired) electrons. The number of hydrogen-bond acceptors (Lipinski definition) is 6. The number of imidazole rings is 1. The number of hydrogen-bond donors (Lipinski definition) is 1. The molecule has 1 N–H and O–H groups in total. The van der Waals surface area contributed by atoms with Crippen molar-refractivity contribution in [2.24, 2.45) is 0 Å². The molecule has 24 heavy (non-hydrogen) atoms. The number of esters is 2. The van der Waals surface area contributed by atoms with Crippen LogP contribution in [-0.2, 0) is 25.5 Å². The van der Waals surface area contributed by atoms with Gasteiger partial charge in [0.2, 0.25) is 5.88 Å². The van der Waals surface area contributed by atoms with Crippen LogP contribution in [0.3, 0.4) is 0 Å². The summed E-state index contributed by atoms with van der Waals surface area (Å²) in [6.07, 6.45) is 1.60. The molecule has 0 saturated carbocycles. The highest BCUT2D eigenvalue weighted by Crippen LogP contribution is 2.32. The van der Waals surface area contributed by atoms with Crippen molar-refractivity contribution in [2.45, 2.75) is 26.1 Å². The Morgan fingerprint density at radius 1 is 1.21 bits per heavy atom. The van der Waals surface area contributed by atoms with Gasteiger partial charge in [-0.2, -0.15) is 0 Å². The minimum absolute atomic E-state index is 0.0587. The van der Waals surface area contributed by atoms with Gasteiger partial charge in [0.25, 0.3) is 5.79 Å². The number of aliphatic hydroxyl groups excluding tert-OH is 1. The average Bonchev–Trinajstić information content (AvgIpc) is 2.99. The minimum Gasteiger partial charge on any atom is -0.494 e. The number of ether oxygens (including phenoxy) is 2. The van der Waals surface area contributed by atoms with Gasteiger partial charge in [-0.1, -0.05) is 12.1 Å². The van der Waals surface area contributed by atoms with Gasteiger partial charge in [-0.25, -0.2) is 14.6 Å². The van der Waals surface area contributed by atoms with Crippen molar-refractivity contribution < 1.29 is 24.2 Å². The Bertz CT molecular complexity index is 943. The molecule has 1 saturated heterocycles. The normalized spacial score (nSPS) is 19.3. The van der Waals surface area contributed by atoms with E-state index >= 15 is 0 Å². The Labute approximate surface area is 136 Å². The maximum atomic E-state index is 12.0. The van der Waals surface area contributed by atoms with E-state index in [0.29, 0.717) is 17.8 Å². The van der Waals surface area contributed by atoms with Crippen LogP contribution in [0.1, 0.15) is 19.7 Å². The summed E-state index contributed by atoms with van der Waals surface area (Å²) in [4.78, 5) is 28.5. The molecule has 2 aromatic rings. The number of cyclic esters (lactones) is 2. The molecule has 1 aromatic carbocycles. The second-order valence-corrected chi connectivity index (χ2v) is 6.11. The van der Waals surface area contributed by atoms with E-state index in [-0.39, 0.29) is 11.5 Å². The van der Waals surface area contributed by atoms with E-state index in [9.17, 15) is 14.7 Å². The molecule has 7 heteroatoms. The number of fused-ring (bicyclic) bond motifs is 3. The molecule has 0 spiro atoms. The van der Waals surface area contributed by atoms with Crippen LogP contribution in [0, 0.1) is 0 Å². The molecular formula is C17H14N2O5. The Hall–Kier alpha value is -3.09. The Morgan fingerprint density at radius 3 is 2.58 bits per heavy atom. The molecule has 0 atom stereocenters. The van der Waals surface area contributed by atoms with Crippen molar-refractivity contribution in [3.8, 4) is 0 Å². The van der Waals surface area contributed by atoms with Crippen LogP contribution in [-0.4, -0.2) is 32.4 Å². The molecule has 0 unspecified atom stereocenters. The number of aliphatic hydroxyl groups is 1. The van der Waals surface area contributed by atoms with Gasteiger partial charge in [0.1, 0.15) is 11.4 Å². The van der Waals surface area contributed by atoms with E-state index in [2.05, 4.69) is 4.98 Å². The van der Waals surface area contributed by atoms with Gasteiger partial charge in [0, 0.05) is 25.8 Å². The lowest BCUT2D eigenvalue weighted by atomic mass is 10.1. The summed E-state index contributed by atoms with van der Waals surface area (Å²) in [5, 5.41) is 10.5. The molecule has 2 aliphatic rings. The predicted octanol–water partition coefficient (Wildman–Crippen LogP) is 2.08. The van der Waals surface area contributed by atoms with Gasteiger partial charge >= 0.3 is 11.9 Å². The fraction of sp³-hybridized carbons (Fsp3) is 0.235. The average molecular weight is 326 g/mol. The summed E-state index contributed by atoms with van der Waals surface area (Å²) in [6.45, 7) is 2.96. The van der Waals surface area contributed by atoms with Gasteiger partial charge in [-0.15, -0.1) is 0 Å². The van der Waals surface area contributed by atoms with E-state index in [1.54, 1.807) is 4.57 Å². The maximum Gasteiger partial charge on any atom is 0.348 e. The minimum atomic E-state index is -1.29. The van der Waals surface area contributed by atoms with Crippen molar-refractivity contribution in [3.63, 3.8) is 0 Å². The second kappa shape index (κ2) is 4.70. The van der Waals surface area contributed by atoms with Crippen LogP contribution >= 0.6 is 0 Å². The van der Waals surface area contributed by atoms with Gasteiger partial charge in [0.05, 0.1) is 11.0 Å². The number of rotatable bonds is 1. The van der Waals surface area contributed by atoms with Gasteiger partial charge in [-0.3, -0.25) is 4.57 Å². The topological polar surface area (TPSA) is 90.6 Å². The lowest BCUT2D eigenvalue weighted by molar-refractivity contribution is -0.222. The SMILES string of the molecule is CC1(C)OC(=O)C(=CC2=C(O)n3c(nc4ccccc43)C2)C(=O)O1. The van der Waals surface area contributed by atoms with Crippen molar-refractivity contribution in [3.05, 3.63) is 47.3 Å². The van der Waals surface area contributed by atoms with Gasteiger partial charge in [-0.05, 0) is 18.2 Å². The molecule has 2 aliphatic heterocycles. The molecule has 0 amide bonds. The third kappa shape index (κ3) is 2.09. The fourth-order valence-corrected chi connectivity index (χ4v) is 2.89. The second-order valence-electron chi connectivity index (χ2n) is 6.11. The molecule has 122 valence electrons. The van der Waals surface area contributed by atoms with Crippen LogP contribution < -0.4 is 0 Å². The van der Waals surface area contributed by atoms with Crippen LogP contribution in [0.5, 0.6) is 0 Å². The molecule has 1 aromatic heterocycles. The zero-order chi connectivity index (χ0) is 17.1. The smallest absolute Gasteiger partial charge is 0.348 e. The number of benzene rings is 1. The number of carbonyl (C=O) groups is 2. The number of nitrogens with zero attached hydrogens (tertiary/aromatic N) is 2. The molecule has 0 aliphatic carbocycles. The lowest BCUT2D eigenvalue weighted by Gasteiger charge is -2.29.